The van der Waals surface area contributed by atoms with Crippen molar-refractivity contribution in [2.24, 2.45) is 0 Å². The van der Waals surface area contributed by atoms with E-state index in [1.807, 2.05) is 42.5 Å². The maximum absolute atomic E-state index is 13.1. The van der Waals surface area contributed by atoms with Crippen molar-refractivity contribution in [3.05, 3.63) is 60.3 Å². The number of benzene rings is 2. The Bertz CT molecular complexity index is 1180. The number of hydrogen-bond donors (Lipinski definition) is 0. The molecular weight excluding hydrogens is 426 g/mol. The molecule has 5 rings (SSSR count). The van der Waals surface area contributed by atoms with Crippen molar-refractivity contribution in [2.45, 2.75) is 44.1 Å². The third-order valence-electron chi connectivity index (χ3n) is 6.75. The number of piperazine rings is 1. The smallest absolute Gasteiger partial charge is 0.329 e. The Morgan fingerprint density at radius 1 is 0.882 bits per heavy atom. The van der Waals surface area contributed by atoms with E-state index < -0.39 is 11.9 Å². The third-order valence-corrected chi connectivity index (χ3v) is 6.75. The minimum Gasteiger partial charge on any atom is -0.461 e. The van der Waals surface area contributed by atoms with Crippen LogP contribution in [0.25, 0.3) is 11.0 Å². The van der Waals surface area contributed by atoms with Gasteiger partial charge < -0.3 is 14.5 Å². The fourth-order valence-electron chi connectivity index (χ4n) is 4.89. The Morgan fingerprint density at radius 2 is 1.50 bits per heavy atom. The Morgan fingerprint density at radius 3 is 2.18 bits per heavy atom. The number of aromatic nitrogens is 2. The summed E-state index contributed by atoms with van der Waals surface area (Å²) in [6, 6.07) is 20.1. The van der Waals surface area contributed by atoms with Crippen LogP contribution in [0.3, 0.4) is 0 Å². The highest BCUT2D eigenvalue weighted by molar-refractivity contribution is 5.85. The molecule has 1 aromatic heterocycles. The first-order valence-electron chi connectivity index (χ1n) is 12.1. The summed E-state index contributed by atoms with van der Waals surface area (Å²) in [4.78, 5) is 27.2. The highest BCUT2D eigenvalue weighted by atomic mass is 16.5. The molecule has 7 nitrogen and oxygen atoms in total. The monoisotopic (exact) mass is 455 g/mol. The van der Waals surface area contributed by atoms with Gasteiger partial charge in [-0.15, -0.1) is 0 Å². The van der Waals surface area contributed by atoms with Gasteiger partial charge in [0.25, 0.3) is 0 Å². The molecular formula is C27H29N5O2. The number of hydrogen-bond acceptors (Lipinski definition) is 7. The number of fused-ring (bicyclic) bond motifs is 1. The number of anilines is 2. The number of para-hydroxylation sites is 3. The van der Waals surface area contributed by atoms with Crippen molar-refractivity contribution in [2.75, 3.05) is 36.0 Å². The molecule has 0 bridgehead atoms. The maximum Gasteiger partial charge on any atom is 0.329 e. The molecule has 174 valence electrons. The molecule has 1 aliphatic carbocycles. The molecule has 1 unspecified atom stereocenters. The molecule has 2 heterocycles. The second-order valence-electron chi connectivity index (χ2n) is 8.99. The van der Waals surface area contributed by atoms with E-state index in [1.165, 1.54) is 12.1 Å². The van der Waals surface area contributed by atoms with Crippen LogP contribution in [0.5, 0.6) is 0 Å². The quantitative estimate of drug-likeness (QED) is 0.526. The molecule has 1 saturated heterocycles. The van der Waals surface area contributed by atoms with E-state index in [0.29, 0.717) is 17.0 Å². The molecule has 34 heavy (non-hydrogen) atoms. The van der Waals surface area contributed by atoms with Gasteiger partial charge in [0.15, 0.2) is 11.7 Å². The third kappa shape index (κ3) is 4.67. The zero-order valence-corrected chi connectivity index (χ0v) is 19.3. The summed E-state index contributed by atoms with van der Waals surface area (Å²) in [7, 11) is 0. The van der Waals surface area contributed by atoms with Crippen molar-refractivity contribution in [3.8, 4) is 6.07 Å². The standard InChI is InChI=1S/C27H29N5O2/c28-19-22(27(33)34-21-11-5-2-6-12-21)25-26(30-24-14-8-7-13-23(24)29-25)32-17-15-31(16-18-32)20-9-3-1-4-10-20/h1,3-4,7-10,13-14,21-22H,2,5-6,11-12,15-18H2. The van der Waals surface area contributed by atoms with Crippen LogP contribution in [0, 0.1) is 11.3 Å². The van der Waals surface area contributed by atoms with Crippen LogP contribution in [0.1, 0.15) is 43.7 Å². The van der Waals surface area contributed by atoms with Crippen LogP contribution >= 0.6 is 0 Å². The van der Waals surface area contributed by atoms with Crippen LogP contribution in [-0.4, -0.2) is 48.2 Å². The van der Waals surface area contributed by atoms with Crippen molar-refractivity contribution in [1.82, 2.24) is 9.97 Å². The van der Waals surface area contributed by atoms with Gasteiger partial charge in [-0.25, -0.2) is 9.97 Å². The first-order valence-corrected chi connectivity index (χ1v) is 12.1. The maximum atomic E-state index is 13.1. The minimum atomic E-state index is -1.10. The zero-order valence-electron chi connectivity index (χ0n) is 19.3. The Hall–Kier alpha value is -3.66. The average molecular weight is 456 g/mol. The lowest BCUT2D eigenvalue weighted by Gasteiger charge is -2.37. The van der Waals surface area contributed by atoms with Gasteiger partial charge in [0, 0.05) is 31.9 Å². The first kappa shape index (κ1) is 22.1. The Labute approximate surface area is 200 Å². The molecule has 0 spiro atoms. The molecule has 1 atom stereocenters. The highest BCUT2D eigenvalue weighted by Gasteiger charge is 2.33. The number of esters is 1. The molecule has 7 heteroatoms. The van der Waals surface area contributed by atoms with E-state index in [0.717, 1.165) is 57.4 Å². The van der Waals surface area contributed by atoms with Gasteiger partial charge in [0.1, 0.15) is 11.8 Å². The molecule has 3 aromatic rings. The van der Waals surface area contributed by atoms with Gasteiger partial charge in [0.2, 0.25) is 0 Å². The van der Waals surface area contributed by atoms with Crippen LogP contribution in [0.2, 0.25) is 0 Å². The predicted molar refractivity (Wildman–Crippen MR) is 132 cm³/mol. The molecule has 2 aliphatic rings. The molecule has 0 amide bonds. The molecule has 2 fully saturated rings. The number of nitriles is 1. The zero-order chi connectivity index (χ0) is 23.3. The lowest BCUT2D eigenvalue weighted by molar-refractivity contribution is -0.150. The van der Waals surface area contributed by atoms with E-state index in [1.54, 1.807) is 0 Å². The number of carbonyl (C=O) groups excluding carboxylic acids is 1. The number of carbonyl (C=O) groups is 1. The topological polar surface area (TPSA) is 82.3 Å². The van der Waals surface area contributed by atoms with Gasteiger partial charge >= 0.3 is 5.97 Å². The highest BCUT2D eigenvalue weighted by Crippen LogP contribution is 2.31. The first-order chi connectivity index (χ1) is 16.7. The normalized spacial score (nSPS) is 17.9. The van der Waals surface area contributed by atoms with E-state index in [9.17, 15) is 10.1 Å². The van der Waals surface area contributed by atoms with Gasteiger partial charge in [-0.2, -0.15) is 5.26 Å². The molecule has 0 radical (unpaired) electrons. The largest absolute Gasteiger partial charge is 0.461 e. The van der Waals surface area contributed by atoms with Gasteiger partial charge in [0.05, 0.1) is 17.1 Å². The van der Waals surface area contributed by atoms with Gasteiger partial charge in [-0.3, -0.25) is 4.79 Å². The summed E-state index contributed by atoms with van der Waals surface area (Å²) in [5.74, 6) is -0.997. The van der Waals surface area contributed by atoms with Crippen molar-refractivity contribution >= 4 is 28.5 Å². The fourth-order valence-corrected chi connectivity index (χ4v) is 4.89. The second-order valence-corrected chi connectivity index (χ2v) is 8.99. The SMILES string of the molecule is N#CC(C(=O)OC1CCCCC1)c1nc2ccccc2nc1N1CCN(c2ccccc2)CC1. The van der Waals surface area contributed by atoms with E-state index >= 15 is 0 Å². The number of rotatable bonds is 5. The molecule has 1 aliphatic heterocycles. The summed E-state index contributed by atoms with van der Waals surface area (Å²) in [6.07, 6.45) is 4.90. The van der Waals surface area contributed by atoms with E-state index in [2.05, 4.69) is 28.0 Å². The average Bonchev–Trinajstić information content (AvgIpc) is 2.90. The summed E-state index contributed by atoms with van der Waals surface area (Å²) < 4.78 is 5.77. The summed E-state index contributed by atoms with van der Waals surface area (Å²) in [5, 5.41) is 10.0. The van der Waals surface area contributed by atoms with Gasteiger partial charge in [-0.05, 0) is 49.9 Å². The van der Waals surface area contributed by atoms with Crippen molar-refractivity contribution in [3.63, 3.8) is 0 Å². The van der Waals surface area contributed by atoms with Crippen LogP contribution in [0.4, 0.5) is 11.5 Å². The lowest BCUT2D eigenvalue weighted by Crippen LogP contribution is -2.47. The number of ether oxygens (including phenoxy) is 1. The van der Waals surface area contributed by atoms with E-state index in [-0.39, 0.29) is 6.10 Å². The number of nitrogens with zero attached hydrogens (tertiary/aromatic N) is 5. The van der Waals surface area contributed by atoms with Crippen LogP contribution in [-0.2, 0) is 9.53 Å². The predicted octanol–water partition coefficient (Wildman–Crippen LogP) is 4.44. The minimum absolute atomic E-state index is 0.108. The van der Waals surface area contributed by atoms with Crippen molar-refractivity contribution in [1.29, 1.82) is 5.26 Å². The second kappa shape index (κ2) is 10.1. The van der Waals surface area contributed by atoms with Crippen LogP contribution < -0.4 is 9.80 Å². The summed E-state index contributed by atoms with van der Waals surface area (Å²) >= 11 is 0. The van der Waals surface area contributed by atoms with Crippen LogP contribution in [0.15, 0.2) is 54.6 Å². The van der Waals surface area contributed by atoms with Gasteiger partial charge in [-0.1, -0.05) is 36.8 Å². The molecule has 2 aromatic carbocycles. The lowest BCUT2D eigenvalue weighted by atomic mass is 9.97. The fraction of sp³-hybridized carbons (Fsp3) is 0.407. The van der Waals surface area contributed by atoms with Crippen molar-refractivity contribution < 1.29 is 9.53 Å². The molecule has 1 saturated carbocycles. The summed E-state index contributed by atoms with van der Waals surface area (Å²) in [6.45, 7) is 3.10. The van der Waals surface area contributed by atoms with E-state index in [4.69, 9.17) is 14.7 Å². The Balaban J connectivity index is 1.43. The molecule has 0 N–H and O–H groups in total. The summed E-state index contributed by atoms with van der Waals surface area (Å²) in [5.41, 5.74) is 3.02. The Kier molecular flexibility index (Phi) is 6.57.